The van der Waals surface area contributed by atoms with Gasteiger partial charge in [-0.2, -0.15) is 0 Å². The van der Waals surface area contributed by atoms with E-state index < -0.39 is 13.9 Å². The third-order valence-electron chi connectivity index (χ3n) is 6.84. The predicted molar refractivity (Wildman–Crippen MR) is 150 cm³/mol. The molecular formula is C32H35NOSi. The number of rotatable bonds is 7. The highest BCUT2D eigenvalue weighted by Crippen LogP contribution is 2.48. The smallest absolute Gasteiger partial charge is 0.185 e. The van der Waals surface area contributed by atoms with Gasteiger partial charge in [-0.1, -0.05) is 109 Å². The summed E-state index contributed by atoms with van der Waals surface area (Å²) in [5.41, 5.74) is 6.81. The highest BCUT2D eigenvalue weighted by Gasteiger charge is 2.49. The molecule has 1 aliphatic heterocycles. The number of nitrogens with one attached hydrogen (secondary N) is 1. The Hall–Kier alpha value is -2.98. The summed E-state index contributed by atoms with van der Waals surface area (Å²) < 4.78 is 7.48. The normalized spacial score (nSPS) is 16.4. The topological polar surface area (TPSA) is 21.3 Å². The van der Waals surface area contributed by atoms with Gasteiger partial charge < -0.3 is 9.74 Å². The molecular weight excluding hydrogens is 442 g/mol. The van der Waals surface area contributed by atoms with Crippen LogP contribution in [-0.2, 0) is 10.0 Å². The Morgan fingerprint density at radius 3 is 1.54 bits per heavy atom. The summed E-state index contributed by atoms with van der Waals surface area (Å²) >= 11 is 0. The number of hydrogen-bond donors (Lipinski definition) is 1. The lowest BCUT2D eigenvalue weighted by molar-refractivity contribution is 0.0650. The molecule has 0 radical (unpaired) electrons. The van der Waals surface area contributed by atoms with E-state index in [1.165, 1.54) is 33.4 Å². The van der Waals surface area contributed by atoms with Crippen LogP contribution in [0.3, 0.4) is 0 Å². The van der Waals surface area contributed by atoms with E-state index in [9.17, 15) is 0 Å². The van der Waals surface area contributed by atoms with Gasteiger partial charge in [-0.3, -0.25) is 0 Å². The second kappa shape index (κ2) is 9.94. The second-order valence-electron chi connectivity index (χ2n) is 10.4. The molecule has 1 atom stereocenters. The minimum absolute atomic E-state index is 0.184. The van der Waals surface area contributed by atoms with Crippen molar-refractivity contribution in [2.75, 3.05) is 6.54 Å². The Morgan fingerprint density at radius 1 is 0.657 bits per heavy atom. The van der Waals surface area contributed by atoms with Crippen LogP contribution in [0.4, 0.5) is 0 Å². The SMILES string of the molecule is C[Si](C)(C)OC(c1ccccc1-c1ccccc1)(c1ccccc1-c1ccccc1)[C@H]1CCCN1. The first kappa shape index (κ1) is 23.7. The maximum absolute atomic E-state index is 7.48. The van der Waals surface area contributed by atoms with Gasteiger partial charge in [0.05, 0.1) is 0 Å². The molecule has 5 rings (SSSR count). The van der Waals surface area contributed by atoms with Crippen molar-refractivity contribution in [3.05, 3.63) is 120 Å². The van der Waals surface area contributed by atoms with Crippen LogP contribution in [0.25, 0.3) is 22.3 Å². The van der Waals surface area contributed by atoms with Crippen LogP contribution in [0.2, 0.25) is 19.6 Å². The molecule has 0 saturated carbocycles. The monoisotopic (exact) mass is 477 g/mol. The van der Waals surface area contributed by atoms with Crippen molar-refractivity contribution in [1.29, 1.82) is 0 Å². The molecule has 0 unspecified atom stereocenters. The number of hydrogen-bond acceptors (Lipinski definition) is 2. The molecule has 0 aliphatic carbocycles. The first-order chi connectivity index (χ1) is 17.0. The molecule has 0 bridgehead atoms. The molecule has 3 heteroatoms. The lowest BCUT2D eigenvalue weighted by atomic mass is 9.74. The zero-order valence-corrected chi connectivity index (χ0v) is 22.0. The van der Waals surface area contributed by atoms with E-state index in [4.69, 9.17) is 4.43 Å². The molecule has 0 aromatic heterocycles. The zero-order chi connectivity index (χ0) is 24.3. The molecule has 0 spiro atoms. The Balaban J connectivity index is 1.86. The highest BCUT2D eigenvalue weighted by molar-refractivity contribution is 6.69. The summed E-state index contributed by atoms with van der Waals surface area (Å²) in [5, 5.41) is 3.87. The molecule has 1 fully saturated rings. The van der Waals surface area contributed by atoms with Gasteiger partial charge in [-0.25, -0.2) is 0 Å². The molecule has 0 amide bonds. The average Bonchev–Trinajstić information content (AvgIpc) is 3.44. The van der Waals surface area contributed by atoms with Gasteiger partial charge in [-0.05, 0) is 72.4 Å². The van der Waals surface area contributed by atoms with E-state index in [1.807, 2.05) is 0 Å². The summed E-state index contributed by atoms with van der Waals surface area (Å²) in [6, 6.07) is 39.4. The van der Waals surface area contributed by atoms with E-state index in [-0.39, 0.29) is 6.04 Å². The van der Waals surface area contributed by atoms with Gasteiger partial charge in [-0.15, -0.1) is 0 Å². The summed E-state index contributed by atoms with van der Waals surface area (Å²) in [6.45, 7) is 7.95. The minimum atomic E-state index is -2.01. The third-order valence-corrected chi connectivity index (χ3v) is 7.78. The van der Waals surface area contributed by atoms with Crippen LogP contribution in [0.15, 0.2) is 109 Å². The predicted octanol–water partition coefficient (Wildman–Crippen LogP) is 7.87. The van der Waals surface area contributed by atoms with Crippen LogP contribution >= 0.6 is 0 Å². The second-order valence-corrected chi connectivity index (χ2v) is 14.9. The van der Waals surface area contributed by atoms with Gasteiger partial charge in [0, 0.05) is 6.04 Å². The van der Waals surface area contributed by atoms with Crippen LogP contribution in [0.1, 0.15) is 24.0 Å². The van der Waals surface area contributed by atoms with E-state index in [2.05, 4.69) is 134 Å². The Morgan fingerprint density at radius 2 is 1.11 bits per heavy atom. The van der Waals surface area contributed by atoms with Gasteiger partial charge in [0.15, 0.2) is 8.32 Å². The van der Waals surface area contributed by atoms with Crippen molar-refractivity contribution >= 4 is 8.32 Å². The molecule has 35 heavy (non-hydrogen) atoms. The van der Waals surface area contributed by atoms with E-state index >= 15 is 0 Å². The maximum atomic E-state index is 7.48. The summed E-state index contributed by atoms with van der Waals surface area (Å²) in [7, 11) is -2.01. The average molecular weight is 478 g/mol. The first-order valence-corrected chi connectivity index (χ1v) is 16.1. The van der Waals surface area contributed by atoms with Gasteiger partial charge in [0.25, 0.3) is 0 Å². The van der Waals surface area contributed by atoms with Gasteiger partial charge in [0.2, 0.25) is 0 Å². The van der Waals surface area contributed by atoms with Gasteiger partial charge in [0.1, 0.15) is 5.60 Å². The van der Waals surface area contributed by atoms with Crippen molar-refractivity contribution in [2.24, 2.45) is 0 Å². The molecule has 4 aromatic rings. The molecule has 1 aliphatic rings. The molecule has 2 nitrogen and oxygen atoms in total. The van der Waals surface area contributed by atoms with Crippen LogP contribution in [-0.4, -0.2) is 20.9 Å². The Kier molecular flexibility index (Phi) is 6.75. The van der Waals surface area contributed by atoms with Crippen molar-refractivity contribution in [3.63, 3.8) is 0 Å². The zero-order valence-electron chi connectivity index (χ0n) is 21.0. The quantitative estimate of drug-likeness (QED) is 0.273. The van der Waals surface area contributed by atoms with Gasteiger partial charge >= 0.3 is 0 Å². The van der Waals surface area contributed by atoms with E-state index in [1.54, 1.807) is 0 Å². The van der Waals surface area contributed by atoms with E-state index in [0.717, 1.165) is 19.4 Å². The minimum Gasteiger partial charge on any atom is -0.403 e. The summed E-state index contributed by atoms with van der Waals surface area (Å²) in [5.74, 6) is 0. The molecule has 178 valence electrons. The third kappa shape index (κ3) is 4.77. The van der Waals surface area contributed by atoms with Crippen molar-refractivity contribution < 1.29 is 4.43 Å². The highest BCUT2D eigenvalue weighted by atomic mass is 28.4. The van der Waals surface area contributed by atoms with Crippen LogP contribution in [0.5, 0.6) is 0 Å². The lowest BCUT2D eigenvalue weighted by Gasteiger charge is -2.46. The summed E-state index contributed by atoms with van der Waals surface area (Å²) in [6.07, 6.45) is 2.24. The summed E-state index contributed by atoms with van der Waals surface area (Å²) in [4.78, 5) is 0. The maximum Gasteiger partial charge on any atom is 0.185 e. The molecule has 1 heterocycles. The fraction of sp³-hybridized carbons (Fsp3) is 0.250. The Labute approximate surface area is 211 Å². The largest absolute Gasteiger partial charge is 0.403 e. The van der Waals surface area contributed by atoms with Crippen molar-refractivity contribution in [1.82, 2.24) is 5.32 Å². The fourth-order valence-corrected chi connectivity index (χ4v) is 6.90. The number of benzene rings is 4. The standard InChI is InChI=1S/C32H35NOSi/c1-35(2,3)34-32(31-23-14-24-33-31,29-21-12-10-19-27(29)25-15-6-4-7-16-25)30-22-13-11-20-28(30)26-17-8-5-9-18-26/h4-13,15-22,31,33H,14,23-24H2,1-3H3/t31-/m1/s1. The Bertz CT molecular complexity index is 1170. The molecule has 1 N–H and O–H groups in total. The lowest BCUT2D eigenvalue weighted by Crippen LogP contribution is -2.53. The molecule has 4 aromatic carbocycles. The van der Waals surface area contributed by atoms with Crippen LogP contribution < -0.4 is 5.32 Å². The first-order valence-electron chi connectivity index (χ1n) is 12.7. The van der Waals surface area contributed by atoms with Crippen molar-refractivity contribution in [2.45, 2.75) is 44.1 Å². The van der Waals surface area contributed by atoms with Crippen molar-refractivity contribution in [3.8, 4) is 22.3 Å². The van der Waals surface area contributed by atoms with Crippen LogP contribution in [0, 0.1) is 0 Å². The molecule has 1 saturated heterocycles. The van der Waals surface area contributed by atoms with E-state index in [0.29, 0.717) is 0 Å². The fourth-order valence-electron chi connectivity index (χ4n) is 5.57.